The molecule has 0 aromatic carbocycles. The summed E-state index contributed by atoms with van der Waals surface area (Å²) in [7, 11) is -3.73. The predicted octanol–water partition coefficient (Wildman–Crippen LogP) is 2.81. The van der Waals surface area contributed by atoms with E-state index in [2.05, 4.69) is 6.58 Å². The highest BCUT2D eigenvalue weighted by Gasteiger charge is 2.23. The predicted molar refractivity (Wildman–Crippen MR) is 116 cm³/mol. The Morgan fingerprint density at radius 2 is 1.93 bits per heavy atom. The van der Waals surface area contributed by atoms with E-state index in [1.54, 1.807) is 26.0 Å². The fourth-order valence-electron chi connectivity index (χ4n) is 2.78. The van der Waals surface area contributed by atoms with Crippen LogP contribution in [-0.2, 0) is 27.9 Å². The molecule has 2 rings (SSSR count). The van der Waals surface area contributed by atoms with Gasteiger partial charge in [-0.1, -0.05) is 31.5 Å². The lowest BCUT2D eigenvalue weighted by Gasteiger charge is -2.22. The third-order valence-corrected chi connectivity index (χ3v) is 7.53. The Morgan fingerprint density at radius 1 is 1.24 bits per heavy atom. The van der Waals surface area contributed by atoms with E-state index in [-0.39, 0.29) is 17.3 Å². The summed E-state index contributed by atoms with van der Waals surface area (Å²) in [5.41, 5.74) is -0.449. The molecule has 0 aliphatic rings. The van der Waals surface area contributed by atoms with Crippen LogP contribution in [0, 0.1) is 0 Å². The molecule has 0 unspecified atom stereocenters. The second-order valence-electron chi connectivity index (χ2n) is 6.19. The summed E-state index contributed by atoms with van der Waals surface area (Å²) in [5.74, 6) is -0.325. The molecule has 10 heteroatoms. The normalized spacial score (nSPS) is 11.6. The van der Waals surface area contributed by atoms with Gasteiger partial charge in [-0.3, -0.25) is 9.59 Å². The van der Waals surface area contributed by atoms with Crippen LogP contribution in [0.5, 0.6) is 0 Å². The molecule has 0 radical (unpaired) electrons. The molecule has 29 heavy (non-hydrogen) atoms. The largest absolute Gasteiger partial charge is 0.332 e. The zero-order valence-corrected chi connectivity index (χ0v) is 18.8. The minimum atomic E-state index is -3.73. The van der Waals surface area contributed by atoms with Crippen molar-refractivity contribution in [2.45, 2.75) is 31.8 Å². The molecule has 0 bridgehead atoms. The minimum absolute atomic E-state index is 0.0195. The maximum atomic E-state index is 12.8. The van der Waals surface area contributed by atoms with Gasteiger partial charge in [-0.2, -0.15) is 4.31 Å². The number of hydrogen-bond donors (Lipinski definition) is 0. The molecule has 0 aliphatic carbocycles. The van der Waals surface area contributed by atoms with Gasteiger partial charge in [0.2, 0.25) is 15.9 Å². The average Bonchev–Trinajstić information content (AvgIpc) is 3.08. The van der Waals surface area contributed by atoms with E-state index in [0.717, 1.165) is 9.44 Å². The van der Waals surface area contributed by atoms with Crippen LogP contribution in [0.25, 0.3) is 0 Å². The van der Waals surface area contributed by atoms with Gasteiger partial charge >= 0.3 is 0 Å². The molecular weight excluding hydrogens is 434 g/mol. The van der Waals surface area contributed by atoms with Crippen molar-refractivity contribution in [3.05, 3.63) is 62.7 Å². The smallest absolute Gasteiger partial charge is 0.251 e. The fourth-order valence-corrected chi connectivity index (χ4v) is 5.36. The molecule has 1 amide bonds. The highest BCUT2D eigenvalue weighted by atomic mass is 35.5. The van der Waals surface area contributed by atoms with Crippen LogP contribution in [0.1, 0.15) is 18.7 Å². The van der Waals surface area contributed by atoms with Gasteiger partial charge in [0, 0.05) is 36.8 Å². The van der Waals surface area contributed by atoms with Gasteiger partial charge in [-0.15, -0.1) is 17.9 Å². The van der Waals surface area contributed by atoms with Gasteiger partial charge in [0.25, 0.3) is 5.56 Å². The number of halogens is 1. The third-order valence-electron chi connectivity index (χ3n) is 4.28. The summed E-state index contributed by atoms with van der Waals surface area (Å²) < 4.78 is 28.5. The Balaban J connectivity index is 2.28. The number of thiophene rings is 1. The first kappa shape index (κ1) is 23.3. The Bertz CT molecular complexity index is 1030. The van der Waals surface area contributed by atoms with Crippen LogP contribution in [0.3, 0.4) is 0 Å². The van der Waals surface area contributed by atoms with Crippen LogP contribution in [0.15, 0.2) is 52.8 Å². The van der Waals surface area contributed by atoms with Crippen LogP contribution >= 0.6 is 22.9 Å². The molecule has 0 aliphatic heterocycles. The van der Waals surface area contributed by atoms with Gasteiger partial charge in [-0.05, 0) is 18.2 Å². The van der Waals surface area contributed by atoms with E-state index < -0.39 is 15.6 Å². The van der Waals surface area contributed by atoms with Gasteiger partial charge in [0.1, 0.15) is 6.54 Å². The molecule has 0 fully saturated rings. The number of sulfonamides is 1. The summed E-state index contributed by atoms with van der Waals surface area (Å²) in [6.07, 6.45) is 2.82. The quantitative estimate of drug-likeness (QED) is 0.514. The van der Waals surface area contributed by atoms with Gasteiger partial charge in [0.05, 0.1) is 15.8 Å². The minimum Gasteiger partial charge on any atom is -0.332 e. The topological polar surface area (TPSA) is 79.7 Å². The number of rotatable bonds is 10. The highest BCUT2D eigenvalue weighted by molar-refractivity contribution is 7.89. The lowest BCUT2D eigenvalue weighted by Crippen LogP contribution is -2.36. The van der Waals surface area contributed by atoms with Gasteiger partial charge < -0.3 is 9.47 Å². The Hall–Kier alpha value is -1.94. The van der Waals surface area contributed by atoms with Gasteiger partial charge in [0.15, 0.2) is 0 Å². The number of carbonyl (C=O) groups excluding carboxylic acids is 1. The number of carbonyl (C=O) groups is 1. The van der Waals surface area contributed by atoms with E-state index in [1.165, 1.54) is 38.9 Å². The first-order valence-electron chi connectivity index (χ1n) is 9.06. The van der Waals surface area contributed by atoms with E-state index in [1.807, 2.05) is 6.07 Å². The summed E-state index contributed by atoms with van der Waals surface area (Å²) in [5, 5.41) is 0. The second kappa shape index (κ2) is 10.2. The van der Waals surface area contributed by atoms with Crippen molar-refractivity contribution in [3.8, 4) is 0 Å². The first-order valence-corrected chi connectivity index (χ1v) is 11.7. The molecule has 0 spiro atoms. The van der Waals surface area contributed by atoms with Crippen LogP contribution < -0.4 is 5.56 Å². The van der Waals surface area contributed by atoms with Crippen molar-refractivity contribution in [2.75, 3.05) is 19.6 Å². The molecule has 2 aromatic rings. The standard InChI is InChI=1S/C19H24ClN3O4S2/c1-4-11-21(12-15-7-9-17(20)28-15)19(25)14-22-13-16(8-10-18(22)24)29(26,27)23(5-2)6-3/h4,7-10,13H,1,5-6,11-12,14H2,2-3H3. The molecule has 158 valence electrons. The summed E-state index contributed by atoms with van der Waals surface area (Å²) in [6.45, 7) is 8.13. The summed E-state index contributed by atoms with van der Waals surface area (Å²) >= 11 is 7.32. The zero-order valence-electron chi connectivity index (χ0n) is 16.4. The van der Waals surface area contributed by atoms with Crippen molar-refractivity contribution >= 4 is 38.9 Å². The van der Waals surface area contributed by atoms with E-state index >= 15 is 0 Å². The maximum Gasteiger partial charge on any atom is 0.251 e. The molecule has 7 nitrogen and oxygen atoms in total. The number of nitrogens with zero attached hydrogens (tertiary/aromatic N) is 3. The number of aromatic nitrogens is 1. The van der Waals surface area contributed by atoms with E-state index in [9.17, 15) is 18.0 Å². The van der Waals surface area contributed by atoms with Gasteiger partial charge in [-0.25, -0.2) is 8.42 Å². The van der Waals surface area contributed by atoms with E-state index in [0.29, 0.717) is 30.5 Å². The SMILES string of the molecule is C=CCN(Cc1ccc(Cl)s1)C(=O)Cn1cc(S(=O)(=O)N(CC)CC)ccc1=O. The summed E-state index contributed by atoms with van der Waals surface area (Å²) in [4.78, 5) is 27.5. The first-order chi connectivity index (χ1) is 13.7. The molecule has 0 N–H and O–H groups in total. The molecule has 0 atom stereocenters. The Labute approximate surface area is 179 Å². The Morgan fingerprint density at radius 3 is 2.48 bits per heavy atom. The number of amides is 1. The molecule has 0 saturated heterocycles. The van der Waals surface area contributed by atoms with Crippen molar-refractivity contribution < 1.29 is 13.2 Å². The third kappa shape index (κ3) is 5.79. The van der Waals surface area contributed by atoms with Crippen molar-refractivity contribution in [3.63, 3.8) is 0 Å². The molecule has 2 heterocycles. The zero-order chi connectivity index (χ0) is 21.6. The molecule has 2 aromatic heterocycles. The fraction of sp³-hybridized carbons (Fsp3) is 0.368. The molecule has 0 saturated carbocycles. The van der Waals surface area contributed by atoms with Crippen molar-refractivity contribution in [1.82, 2.24) is 13.8 Å². The lowest BCUT2D eigenvalue weighted by atomic mass is 10.3. The Kier molecular flexibility index (Phi) is 8.21. The van der Waals surface area contributed by atoms with Crippen LogP contribution in [0.4, 0.5) is 0 Å². The molecular formula is C19H24ClN3O4S2. The van der Waals surface area contributed by atoms with Crippen molar-refractivity contribution in [2.24, 2.45) is 0 Å². The number of hydrogen-bond acceptors (Lipinski definition) is 5. The number of pyridine rings is 1. The highest BCUT2D eigenvalue weighted by Crippen LogP contribution is 2.23. The lowest BCUT2D eigenvalue weighted by molar-refractivity contribution is -0.131. The average molecular weight is 458 g/mol. The van der Waals surface area contributed by atoms with Crippen LogP contribution in [0.2, 0.25) is 4.34 Å². The van der Waals surface area contributed by atoms with Crippen LogP contribution in [-0.4, -0.2) is 47.7 Å². The van der Waals surface area contributed by atoms with Crippen molar-refractivity contribution in [1.29, 1.82) is 0 Å². The van der Waals surface area contributed by atoms with E-state index in [4.69, 9.17) is 11.6 Å². The summed E-state index contributed by atoms with van der Waals surface area (Å²) in [6, 6.07) is 6.02. The monoisotopic (exact) mass is 457 g/mol. The maximum absolute atomic E-state index is 12.8. The second-order valence-corrected chi connectivity index (χ2v) is 9.93.